The second kappa shape index (κ2) is 6.79. The van der Waals surface area contributed by atoms with Gasteiger partial charge in [0.05, 0.1) is 6.61 Å². The second-order valence-electron chi connectivity index (χ2n) is 2.86. The molecule has 0 N–H and O–H groups in total. The molecule has 0 atom stereocenters. The van der Waals surface area contributed by atoms with Crippen molar-refractivity contribution in [2.24, 2.45) is 0 Å². The van der Waals surface area contributed by atoms with Crippen LogP contribution >= 0.6 is 15.9 Å². The summed E-state index contributed by atoms with van der Waals surface area (Å²) in [6, 6.07) is 5.93. The number of pyridine rings is 1. The number of hydrogen-bond donors (Lipinski definition) is 0. The lowest BCUT2D eigenvalue weighted by Gasteiger charge is -2.21. The van der Waals surface area contributed by atoms with Crippen LogP contribution in [0.3, 0.4) is 0 Å². The van der Waals surface area contributed by atoms with E-state index in [1.807, 2.05) is 24.4 Å². The fraction of sp³-hybridized carbons (Fsp3) is 0.500. The average molecular weight is 259 g/mol. The van der Waals surface area contributed by atoms with E-state index in [-0.39, 0.29) is 0 Å². The lowest BCUT2D eigenvalue weighted by Crippen LogP contribution is -2.29. The van der Waals surface area contributed by atoms with E-state index in [0.717, 1.165) is 30.8 Å². The number of halogens is 1. The van der Waals surface area contributed by atoms with Crippen LogP contribution in [0.1, 0.15) is 0 Å². The summed E-state index contributed by atoms with van der Waals surface area (Å²) in [5, 5.41) is 0.938. The molecule has 0 saturated heterocycles. The van der Waals surface area contributed by atoms with Gasteiger partial charge in [-0.2, -0.15) is 0 Å². The van der Waals surface area contributed by atoms with Gasteiger partial charge >= 0.3 is 0 Å². The summed E-state index contributed by atoms with van der Waals surface area (Å²) in [7, 11) is 1.71. The van der Waals surface area contributed by atoms with Gasteiger partial charge in [-0.15, -0.1) is 0 Å². The summed E-state index contributed by atoms with van der Waals surface area (Å²) < 4.78 is 5.06. The molecule has 78 valence electrons. The zero-order valence-electron chi connectivity index (χ0n) is 8.32. The van der Waals surface area contributed by atoms with E-state index >= 15 is 0 Å². The third-order valence-corrected chi connectivity index (χ3v) is 2.25. The van der Waals surface area contributed by atoms with Gasteiger partial charge in [0.2, 0.25) is 0 Å². The summed E-state index contributed by atoms with van der Waals surface area (Å²) in [6.45, 7) is 2.54. The zero-order chi connectivity index (χ0) is 10.2. The summed E-state index contributed by atoms with van der Waals surface area (Å²) in [5.41, 5.74) is 0. The van der Waals surface area contributed by atoms with Gasteiger partial charge in [0, 0.05) is 31.7 Å². The molecule has 0 bridgehead atoms. The van der Waals surface area contributed by atoms with Crippen molar-refractivity contribution in [3.8, 4) is 0 Å². The molecule has 1 rings (SSSR count). The highest BCUT2D eigenvalue weighted by Gasteiger charge is 2.05. The van der Waals surface area contributed by atoms with Crippen LogP contribution < -0.4 is 4.90 Å². The van der Waals surface area contributed by atoms with Crippen LogP contribution in [0.25, 0.3) is 0 Å². The summed E-state index contributed by atoms with van der Waals surface area (Å²) >= 11 is 3.43. The first-order valence-electron chi connectivity index (χ1n) is 4.59. The zero-order valence-corrected chi connectivity index (χ0v) is 9.90. The van der Waals surface area contributed by atoms with Crippen molar-refractivity contribution in [1.29, 1.82) is 0 Å². The van der Waals surface area contributed by atoms with Crippen LogP contribution in [0.5, 0.6) is 0 Å². The Bertz CT molecular complexity index is 243. The van der Waals surface area contributed by atoms with Crippen LogP contribution in [0.2, 0.25) is 0 Å². The summed E-state index contributed by atoms with van der Waals surface area (Å²) in [4.78, 5) is 6.49. The Morgan fingerprint density at radius 3 is 2.86 bits per heavy atom. The first-order chi connectivity index (χ1) is 6.88. The smallest absolute Gasteiger partial charge is 0.128 e. The van der Waals surface area contributed by atoms with Gasteiger partial charge in [0.15, 0.2) is 0 Å². The van der Waals surface area contributed by atoms with E-state index in [0.29, 0.717) is 0 Å². The number of alkyl halides is 1. The SMILES string of the molecule is COCCN(CCBr)c1ccccn1. The Morgan fingerprint density at radius 2 is 2.29 bits per heavy atom. The fourth-order valence-electron chi connectivity index (χ4n) is 1.19. The third-order valence-electron chi connectivity index (χ3n) is 1.89. The molecule has 14 heavy (non-hydrogen) atoms. The molecule has 0 fully saturated rings. The number of rotatable bonds is 6. The normalized spacial score (nSPS) is 10.1. The molecule has 1 aromatic heterocycles. The molecule has 0 aromatic carbocycles. The Morgan fingerprint density at radius 1 is 1.43 bits per heavy atom. The topological polar surface area (TPSA) is 25.4 Å². The maximum atomic E-state index is 5.06. The monoisotopic (exact) mass is 258 g/mol. The molecule has 0 saturated carbocycles. The van der Waals surface area contributed by atoms with Crippen molar-refractivity contribution in [1.82, 2.24) is 4.98 Å². The molecule has 0 aliphatic carbocycles. The van der Waals surface area contributed by atoms with Gasteiger partial charge in [-0.05, 0) is 12.1 Å². The minimum atomic E-state index is 0.726. The van der Waals surface area contributed by atoms with E-state index in [4.69, 9.17) is 4.74 Å². The first-order valence-corrected chi connectivity index (χ1v) is 5.71. The molecule has 0 spiro atoms. The predicted octanol–water partition coefficient (Wildman–Crippen LogP) is 1.93. The number of hydrogen-bond acceptors (Lipinski definition) is 3. The van der Waals surface area contributed by atoms with Gasteiger partial charge in [0.25, 0.3) is 0 Å². The Labute approximate surface area is 93.2 Å². The molecule has 1 heterocycles. The molecule has 0 unspecified atom stereocenters. The van der Waals surface area contributed by atoms with Crippen molar-refractivity contribution < 1.29 is 4.74 Å². The van der Waals surface area contributed by atoms with Gasteiger partial charge < -0.3 is 9.64 Å². The van der Waals surface area contributed by atoms with Crippen molar-refractivity contribution in [2.45, 2.75) is 0 Å². The third kappa shape index (κ3) is 3.64. The Balaban J connectivity index is 2.58. The van der Waals surface area contributed by atoms with Gasteiger partial charge in [-0.1, -0.05) is 22.0 Å². The molecule has 1 aromatic rings. The molecular weight excluding hydrogens is 244 g/mol. The number of anilines is 1. The van der Waals surface area contributed by atoms with E-state index < -0.39 is 0 Å². The van der Waals surface area contributed by atoms with E-state index in [9.17, 15) is 0 Å². The first kappa shape index (κ1) is 11.5. The lowest BCUT2D eigenvalue weighted by atomic mass is 10.4. The quantitative estimate of drug-likeness (QED) is 0.730. The second-order valence-corrected chi connectivity index (χ2v) is 3.65. The van der Waals surface area contributed by atoms with Crippen molar-refractivity contribution in [3.05, 3.63) is 24.4 Å². The van der Waals surface area contributed by atoms with E-state index in [2.05, 4.69) is 25.8 Å². The summed E-state index contributed by atoms with van der Waals surface area (Å²) in [5.74, 6) is 1.00. The maximum absolute atomic E-state index is 5.06. The summed E-state index contributed by atoms with van der Waals surface area (Å²) in [6.07, 6.45) is 1.81. The molecule has 0 aliphatic rings. The highest BCUT2D eigenvalue weighted by molar-refractivity contribution is 9.09. The van der Waals surface area contributed by atoms with Gasteiger partial charge in [-0.3, -0.25) is 0 Å². The molecule has 0 aliphatic heterocycles. The minimum Gasteiger partial charge on any atom is -0.383 e. The van der Waals surface area contributed by atoms with Crippen molar-refractivity contribution in [3.63, 3.8) is 0 Å². The molecule has 4 heteroatoms. The molecule has 3 nitrogen and oxygen atoms in total. The standard InChI is InChI=1S/C10H15BrN2O/c1-14-9-8-13(7-5-11)10-4-2-3-6-12-10/h2-4,6H,5,7-9H2,1H3. The number of ether oxygens (including phenoxy) is 1. The Hall–Kier alpha value is -0.610. The lowest BCUT2D eigenvalue weighted by molar-refractivity contribution is 0.205. The molecule has 0 amide bonds. The highest BCUT2D eigenvalue weighted by Crippen LogP contribution is 2.08. The fourth-order valence-corrected chi connectivity index (χ4v) is 1.61. The molecular formula is C10H15BrN2O. The van der Waals surface area contributed by atoms with Gasteiger partial charge in [-0.25, -0.2) is 4.98 Å². The number of nitrogens with zero attached hydrogens (tertiary/aromatic N) is 2. The predicted molar refractivity (Wildman–Crippen MR) is 62.1 cm³/mol. The van der Waals surface area contributed by atoms with Gasteiger partial charge in [0.1, 0.15) is 5.82 Å². The van der Waals surface area contributed by atoms with Crippen LogP contribution in [0.15, 0.2) is 24.4 Å². The number of methoxy groups -OCH3 is 1. The van der Waals surface area contributed by atoms with Crippen LogP contribution in [0.4, 0.5) is 5.82 Å². The highest BCUT2D eigenvalue weighted by atomic mass is 79.9. The van der Waals surface area contributed by atoms with E-state index in [1.54, 1.807) is 7.11 Å². The van der Waals surface area contributed by atoms with E-state index in [1.165, 1.54) is 0 Å². The van der Waals surface area contributed by atoms with Crippen LogP contribution in [-0.4, -0.2) is 37.1 Å². The molecule has 0 radical (unpaired) electrons. The maximum Gasteiger partial charge on any atom is 0.128 e. The number of aromatic nitrogens is 1. The van der Waals surface area contributed by atoms with Crippen molar-refractivity contribution >= 4 is 21.7 Å². The largest absolute Gasteiger partial charge is 0.383 e. The van der Waals surface area contributed by atoms with Crippen molar-refractivity contribution in [2.75, 3.05) is 37.0 Å². The minimum absolute atomic E-state index is 0.726. The average Bonchev–Trinajstić information content (AvgIpc) is 2.25. The van der Waals surface area contributed by atoms with Crippen LogP contribution in [0, 0.1) is 0 Å². The Kier molecular flexibility index (Phi) is 5.56. The van der Waals surface area contributed by atoms with Crippen LogP contribution in [-0.2, 0) is 4.74 Å².